The third-order valence-corrected chi connectivity index (χ3v) is 4.99. The van der Waals surface area contributed by atoms with Gasteiger partial charge in [0.1, 0.15) is 12.0 Å². The third kappa shape index (κ3) is 3.03. The molecule has 2 aliphatic rings. The summed E-state index contributed by atoms with van der Waals surface area (Å²) in [6.45, 7) is 2.05. The van der Waals surface area contributed by atoms with Crippen molar-refractivity contribution in [2.75, 3.05) is 18.0 Å². The summed E-state index contributed by atoms with van der Waals surface area (Å²) in [6, 6.07) is 2.50. The van der Waals surface area contributed by atoms with E-state index in [-0.39, 0.29) is 5.69 Å². The summed E-state index contributed by atoms with van der Waals surface area (Å²) in [4.78, 5) is 17.1. The van der Waals surface area contributed by atoms with Crippen LogP contribution in [0.1, 0.15) is 32.1 Å². The zero-order chi connectivity index (χ0) is 14.8. The van der Waals surface area contributed by atoms with Gasteiger partial charge >= 0.3 is 0 Å². The van der Waals surface area contributed by atoms with Crippen molar-refractivity contribution in [2.45, 2.75) is 44.2 Å². The lowest BCUT2D eigenvalue weighted by Crippen LogP contribution is -2.50. The number of hydrogen-bond donors (Lipinski definition) is 1. The highest BCUT2D eigenvalue weighted by atomic mass is 79.9. The van der Waals surface area contributed by atoms with Gasteiger partial charge in [0.2, 0.25) is 0 Å². The zero-order valence-electron chi connectivity index (χ0n) is 11.8. The van der Waals surface area contributed by atoms with Crippen molar-refractivity contribution in [2.24, 2.45) is 0 Å². The van der Waals surface area contributed by atoms with Crippen LogP contribution >= 0.6 is 15.9 Å². The second kappa shape index (κ2) is 6.27. The molecule has 2 fully saturated rings. The van der Waals surface area contributed by atoms with Crippen molar-refractivity contribution in [3.8, 4) is 0 Å². The number of hydrogen-bond acceptors (Lipinski definition) is 5. The standard InChI is InChI=1S/C14H19BrN4O2/c15-11-8-10(19(20)21)9-17-14(11)18-7-2-1-5-13(18)12-4-3-6-16-12/h8-9,12-13,16H,1-7H2. The van der Waals surface area contributed by atoms with Crippen LogP contribution in [0.4, 0.5) is 11.5 Å². The average molecular weight is 355 g/mol. The number of halogens is 1. The van der Waals surface area contributed by atoms with E-state index in [4.69, 9.17) is 0 Å². The molecular formula is C14H19BrN4O2. The van der Waals surface area contributed by atoms with Gasteiger partial charge in [-0.25, -0.2) is 4.98 Å². The molecule has 1 aromatic rings. The van der Waals surface area contributed by atoms with Crippen LogP contribution in [0.5, 0.6) is 0 Å². The number of aromatic nitrogens is 1. The quantitative estimate of drug-likeness (QED) is 0.667. The molecule has 1 N–H and O–H groups in total. The van der Waals surface area contributed by atoms with Crippen LogP contribution in [-0.2, 0) is 0 Å². The Bertz CT molecular complexity index is 534. The maximum absolute atomic E-state index is 10.8. The Labute approximate surface area is 132 Å². The molecule has 0 aromatic carbocycles. The Kier molecular flexibility index (Phi) is 4.40. The van der Waals surface area contributed by atoms with E-state index in [0.29, 0.717) is 16.6 Å². The Morgan fingerprint density at radius 2 is 2.24 bits per heavy atom. The smallest absolute Gasteiger partial charge is 0.288 e. The average Bonchev–Trinajstić information content (AvgIpc) is 3.01. The van der Waals surface area contributed by atoms with E-state index >= 15 is 0 Å². The van der Waals surface area contributed by atoms with E-state index in [9.17, 15) is 10.1 Å². The molecule has 3 rings (SSSR count). The maximum Gasteiger partial charge on any atom is 0.288 e. The summed E-state index contributed by atoms with van der Waals surface area (Å²) in [5, 5.41) is 14.4. The summed E-state index contributed by atoms with van der Waals surface area (Å²) in [5.41, 5.74) is 0.0261. The molecule has 2 unspecified atom stereocenters. The number of anilines is 1. The van der Waals surface area contributed by atoms with E-state index in [1.165, 1.54) is 25.5 Å². The van der Waals surface area contributed by atoms with Crippen LogP contribution < -0.4 is 10.2 Å². The molecule has 0 radical (unpaired) electrons. The van der Waals surface area contributed by atoms with Crippen LogP contribution in [0, 0.1) is 10.1 Å². The van der Waals surface area contributed by atoms with E-state index in [1.807, 2.05) is 0 Å². The van der Waals surface area contributed by atoms with E-state index < -0.39 is 4.92 Å². The van der Waals surface area contributed by atoms with Gasteiger partial charge in [-0.2, -0.15) is 0 Å². The number of nitro groups is 1. The molecule has 6 nitrogen and oxygen atoms in total. The number of pyridine rings is 1. The number of nitrogens with one attached hydrogen (secondary N) is 1. The van der Waals surface area contributed by atoms with E-state index in [0.717, 1.165) is 31.7 Å². The van der Waals surface area contributed by atoms with Gasteiger partial charge in [-0.15, -0.1) is 0 Å². The Balaban J connectivity index is 1.87. The molecule has 2 saturated heterocycles. The molecule has 0 spiro atoms. The molecule has 21 heavy (non-hydrogen) atoms. The van der Waals surface area contributed by atoms with Crippen molar-refractivity contribution in [3.05, 3.63) is 26.9 Å². The van der Waals surface area contributed by atoms with Crippen LogP contribution in [0.2, 0.25) is 0 Å². The summed E-state index contributed by atoms with van der Waals surface area (Å²) in [5.74, 6) is 0.832. The van der Waals surface area contributed by atoms with Crippen molar-refractivity contribution in [1.29, 1.82) is 0 Å². The first-order valence-electron chi connectivity index (χ1n) is 7.47. The molecule has 0 aliphatic carbocycles. The molecule has 2 atom stereocenters. The highest BCUT2D eigenvalue weighted by Crippen LogP contribution is 2.34. The lowest BCUT2D eigenvalue weighted by molar-refractivity contribution is -0.385. The molecule has 3 heterocycles. The Morgan fingerprint density at radius 1 is 1.38 bits per heavy atom. The van der Waals surface area contributed by atoms with Gasteiger partial charge in [-0.05, 0) is 54.6 Å². The fourth-order valence-corrected chi connectivity index (χ4v) is 3.98. The first-order chi connectivity index (χ1) is 10.2. The van der Waals surface area contributed by atoms with Crippen LogP contribution in [0.3, 0.4) is 0 Å². The van der Waals surface area contributed by atoms with Gasteiger partial charge in [0.25, 0.3) is 5.69 Å². The lowest BCUT2D eigenvalue weighted by Gasteiger charge is -2.40. The van der Waals surface area contributed by atoms with Crippen molar-refractivity contribution in [3.63, 3.8) is 0 Å². The SMILES string of the molecule is O=[N+]([O-])c1cnc(N2CCCCC2C2CCCN2)c(Br)c1. The fourth-order valence-electron chi connectivity index (χ4n) is 3.41. The predicted octanol–water partition coefficient (Wildman–Crippen LogP) is 2.86. The minimum absolute atomic E-state index is 0.0261. The van der Waals surface area contributed by atoms with E-state index in [2.05, 4.69) is 31.1 Å². The zero-order valence-corrected chi connectivity index (χ0v) is 13.4. The second-order valence-electron chi connectivity index (χ2n) is 5.72. The molecule has 7 heteroatoms. The number of nitrogens with zero attached hydrogens (tertiary/aromatic N) is 3. The molecule has 0 bridgehead atoms. The monoisotopic (exact) mass is 354 g/mol. The minimum atomic E-state index is -0.409. The van der Waals surface area contributed by atoms with Crippen LogP contribution in [-0.4, -0.2) is 35.1 Å². The van der Waals surface area contributed by atoms with Gasteiger partial charge in [0.15, 0.2) is 0 Å². The van der Waals surface area contributed by atoms with Crippen LogP contribution in [0.25, 0.3) is 0 Å². The van der Waals surface area contributed by atoms with Crippen molar-refractivity contribution >= 4 is 27.4 Å². The molecule has 114 valence electrons. The molecule has 1 aromatic heterocycles. The molecule has 0 amide bonds. The number of piperidine rings is 1. The van der Waals surface area contributed by atoms with Crippen molar-refractivity contribution < 1.29 is 4.92 Å². The van der Waals surface area contributed by atoms with Gasteiger partial charge in [-0.3, -0.25) is 10.1 Å². The Morgan fingerprint density at radius 3 is 2.90 bits per heavy atom. The first-order valence-corrected chi connectivity index (χ1v) is 8.26. The molecule has 2 aliphatic heterocycles. The Hall–Kier alpha value is -1.21. The summed E-state index contributed by atoms with van der Waals surface area (Å²) >= 11 is 3.46. The number of rotatable bonds is 3. The topological polar surface area (TPSA) is 71.3 Å². The van der Waals surface area contributed by atoms with Crippen LogP contribution in [0.15, 0.2) is 16.7 Å². The maximum atomic E-state index is 10.8. The summed E-state index contributed by atoms with van der Waals surface area (Å²) in [7, 11) is 0. The minimum Gasteiger partial charge on any atom is -0.351 e. The second-order valence-corrected chi connectivity index (χ2v) is 6.57. The largest absolute Gasteiger partial charge is 0.351 e. The van der Waals surface area contributed by atoms with E-state index in [1.54, 1.807) is 6.07 Å². The summed E-state index contributed by atoms with van der Waals surface area (Å²) in [6.07, 6.45) is 7.32. The molecule has 0 saturated carbocycles. The van der Waals surface area contributed by atoms with Gasteiger partial charge in [0, 0.05) is 24.7 Å². The van der Waals surface area contributed by atoms with Gasteiger partial charge in [0.05, 0.1) is 9.40 Å². The predicted molar refractivity (Wildman–Crippen MR) is 84.6 cm³/mol. The lowest BCUT2D eigenvalue weighted by atomic mass is 9.94. The van der Waals surface area contributed by atoms with Gasteiger partial charge < -0.3 is 10.2 Å². The molecular weight excluding hydrogens is 336 g/mol. The summed E-state index contributed by atoms with van der Waals surface area (Å²) < 4.78 is 0.710. The highest BCUT2D eigenvalue weighted by molar-refractivity contribution is 9.10. The third-order valence-electron chi connectivity index (χ3n) is 4.40. The first kappa shape index (κ1) is 14.7. The normalized spacial score (nSPS) is 26.0. The van der Waals surface area contributed by atoms with Crippen molar-refractivity contribution in [1.82, 2.24) is 10.3 Å². The fraction of sp³-hybridized carbons (Fsp3) is 0.643. The highest BCUT2D eigenvalue weighted by Gasteiger charge is 2.33. The van der Waals surface area contributed by atoms with Gasteiger partial charge in [-0.1, -0.05) is 0 Å².